The van der Waals surface area contributed by atoms with Crippen molar-refractivity contribution in [3.05, 3.63) is 53.1 Å². The van der Waals surface area contributed by atoms with E-state index in [0.717, 1.165) is 12.8 Å². The number of likely N-dealkylation sites (tertiary alicyclic amines) is 1. The van der Waals surface area contributed by atoms with Gasteiger partial charge in [0.25, 0.3) is 5.91 Å². The van der Waals surface area contributed by atoms with Gasteiger partial charge >= 0.3 is 0 Å². The highest BCUT2D eigenvalue weighted by Gasteiger charge is 2.25. The van der Waals surface area contributed by atoms with E-state index in [4.69, 9.17) is 21.1 Å². The molecule has 0 unspecified atom stereocenters. The minimum absolute atomic E-state index is 0.00131. The first-order valence-corrected chi connectivity index (χ1v) is 11.1. The van der Waals surface area contributed by atoms with Gasteiger partial charge in [-0.2, -0.15) is 0 Å². The summed E-state index contributed by atoms with van der Waals surface area (Å²) in [4.78, 5) is 14.5. The molecule has 1 heterocycles. The van der Waals surface area contributed by atoms with Crippen LogP contribution in [0.3, 0.4) is 0 Å². The normalized spacial score (nSPS) is 14.1. The van der Waals surface area contributed by atoms with Crippen molar-refractivity contribution in [2.24, 2.45) is 0 Å². The van der Waals surface area contributed by atoms with Gasteiger partial charge in [-0.15, -0.1) is 0 Å². The Bertz CT molecular complexity index is 975. The predicted octanol–water partition coefficient (Wildman–Crippen LogP) is 2.94. The van der Waals surface area contributed by atoms with Crippen LogP contribution in [0.2, 0.25) is 5.02 Å². The smallest absolute Gasteiger partial charge is 0.257 e. The standard InChI is InChI=1S/C20H23ClN2O5S/c1-27-18-9-8-15(14-16(18)20(24)23-11-4-5-12-23)29(25,26)22-10-13-28-19-7-3-2-6-17(19)21/h2-3,6-9,14,22H,4-5,10-13H2,1H3. The third-order valence-electron chi connectivity index (χ3n) is 4.59. The van der Waals surface area contributed by atoms with Crippen LogP contribution in [0.1, 0.15) is 23.2 Å². The van der Waals surface area contributed by atoms with Crippen molar-refractivity contribution in [1.29, 1.82) is 0 Å². The van der Waals surface area contributed by atoms with Gasteiger partial charge in [-0.05, 0) is 43.2 Å². The van der Waals surface area contributed by atoms with Crippen LogP contribution >= 0.6 is 11.6 Å². The number of sulfonamides is 1. The molecule has 1 fully saturated rings. The molecule has 0 bridgehead atoms. The second-order valence-electron chi connectivity index (χ2n) is 6.54. The Morgan fingerprint density at radius 2 is 1.86 bits per heavy atom. The lowest BCUT2D eigenvalue weighted by Gasteiger charge is -2.18. The minimum Gasteiger partial charge on any atom is -0.496 e. The molecule has 29 heavy (non-hydrogen) atoms. The number of nitrogens with one attached hydrogen (secondary N) is 1. The molecule has 1 aliphatic rings. The average molecular weight is 439 g/mol. The average Bonchev–Trinajstić information content (AvgIpc) is 3.26. The fraction of sp³-hybridized carbons (Fsp3) is 0.350. The van der Waals surface area contributed by atoms with E-state index < -0.39 is 10.0 Å². The molecule has 156 valence electrons. The number of carbonyl (C=O) groups excluding carboxylic acids is 1. The maximum absolute atomic E-state index is 12.8. The lowest BCUT2D eigenvalue weighted by Crippen LogP contribution is -2.30. The molecular weight excluding hydrogens is 416 g/mol. The van der Waals surface area contributed by atoms with Crippen LogP contribution in [0.5, 0.6) is 11.5 Å². The summed E-state index contributed by atoms with van der Waals surface area (Å²) in [6.07, 6.45) is 1.89. The Hall–Kier alpha value is -2.29. The summed E-state index contributed by atoms with van der Waals surface area (Å²) in [5.74, 6) is 0.609. The monoisotopic (exact) mass is 438 g/mol. The molecule has 2 aromatic rings. The summed E-state index contributed by atoms with van der Waals surface area (Å²) < 4.78 is 38.5. The van der Waals surface area contributed by atoms with Gasteiger partial charge in [0.2, 0.25) is 10.0 Å². The zero-order valence-electron chi connectivity index (χ0n) is 16.1. The van der Waals surface area contributed by atoms with Crippen LogP contribution in [0, 0.1) is 0 Å². The molecule has 0 aromatic heterocycles. The highest BCUT2D eigenvalue weighted by molar-refractivity contribution is 7.89. The maximum Gasteiger partial charge on any atom is 0.257 e. The van der Waals surface area contributed by atoms with E-state index >= 15 is 0 Å². The Labute approximate surface area is 175 Å². The van der Waals surface area contributed by atoms with Crippen molar-refractivity contribution in [1.82, 2.24) is 9.62 Å². The van der Waals surface area contributed by atoms with Gasteiger partial charge in [0.15, 0.2) is 0 Å². The van der Waals surface area contributed by atoms with Gasteiger partial charge in [-0.25, -0.2) is 13.1 Å². The molecule has 2 aromatic carbocycles. The van der Waals surface area contributed by atoms with Crippen molar-refractivity contribution in [3.8, 4) is 11.5 Å². The van der Waals surface area contributed by atoms with Gasteiger partial charge in [0.05, 0.1) is 22.6 Å². The Balaban J connectivity index is 1.68. The highest BCUT2D eigenvalue weighted by Crippen LogP contribution is 2.26. The number of hydrogen-bond acceptors (Lipinski definition) is 5. The van der Waals surface area contributed by atoms with Crippen LogP contribution in [0.15, 0.2) is 47.4 Å². The minimum atomic E-state index is -3.82. The van der Waals surface area contributed by atoms with E-state index in [1.165, 1.54) is 25.3 Å². The molecule has 7 nitrogen and oxygen atoms in total. The quantitative estimate of drug-likeness (QED) is 0.640. The number of amides is 1. The second-order valence-corrected chi connectivity index (χ2v) is 8.71. The Morgan fingerprint density at radius 3 is 2.55 bits per heavy atom. The number of ether oxygens (including phenoxy) is 2. The molecule has 0 saturated carbocycles. The van der Waals surface area contributed by atoms with Crippen LogP contribution in [0.25, 0.3) is 0 Å². The number of nitrogens with zero attached hydrogens (tertiary/aromatic N) is 1. The fourth-order valence-electron chi connectivity index (χ4n) is 3.09. The van der Waals surface area contributed by atoms with Crippen LogP contribution in [-0.2, 0) is 10.0 Å². The number of methoxy groups -OCH3 is 1. The van der Waals surface area contributed by atoms with Crippen molar-refractivity contribution in [2.45, 2.75) is 17.7 Å². The lowest BCUT2D eigenvalue weighted by atomic mass is 10.1. The predicted molar refractivity (Wildman–Crippen MR) is 110 cm³/mol. The number of halogens is 1. The Morgan fingerprint density at radius 1 is 1.14 bits per heavy atom. The van der Waals surface area contributed by atoms with E-state index in [2.05, 4.69) is 4.72 Å². The van der Waals surface area contributed by atoms with Gasteiger partial charge in [0.1, 0.15) is 18.1 Å². The molecule has 0 spiro atoms. The zero-order valence-corrected chi connectivity index (χ0v) is 17.6. The zero-order chi connectivity index (χ0) is 20.9. The molecule has 1 N–H and O–H groups in total. The van der Waals surface area contributed by atoms with E-state index in [1.807, 2.05) is 0 Å². The van der Waals surface area contributed by atoms with E-state index in [0.29, 0.717) is 29.6 Å². The summed E-state index contributed by atoms with van der Waals surface area (Å²) in [7, 11) is -2.37. The molecule has 1 amide bonds. The van der Waals surface area contributed by atoms with Crippen LogP contribution in [0.4, 0.5) is 0 Å². The molecule has 9 heteroatoms. The van der Waals surface area contributed by atoms with Gasteiger partial charge in [-0.3, -0.25) is 4.79 Å². The topological polar surface area (TPSA) is 84.9 Å². The maximum atomic E-state index is 12.8. The van der Waals surface area contributed by atoms with Crippen molar-refractivity contribution >= 4 is 27.5 Å². The van der Waals surface area contributed by atoms with Crippen LogP contribution < -0.4 is 14.2 Å². The molecule has 3 rings (SSSR count). The molecular formula is C20H23ClN2O5S. The first kappa shape index (κ1) is 21.4. The van der Waals surface area contributed by atoms with E-state index in [9.17, 15) is 13.2 Å². The number of para-hydroxylation sites is 1. The third kappa shape index (κ3) is 5.20. The number of carbonyl (C=O) groups is 1. The first-order valence-electron chi connectivity index (χ1n) is 9.26. The van der Waals surface area contributed by atoms with E-state index in [-0.39, 0.29) is 29.5 Å². The van der Waals surface area contributed by atoms with Crippen molar-refractivity contribution in [3.63, 3.8) is 0 Å². The number of hydrogen-bond donors (Lipinski definition) is 1. The van der Waals surface area contributed by atoms with Crippen LogP contribution in [-0.4, -0.2) is 52.6 Å². The first-order chi connectivity index (χ1) is 13.9. The fourth-order valence-corrected chi connectivity index (χ4v) is 4.32. The number of rotatable bonds is 8. The van der Waals surface area contributed by atoms with Gasteiger partial charge in [0, 0.05) is 19.6 Å². The summed E-state index contributed by atoms with van der Waals surface area (Å²) >= 11 is 6.01. The third-order valence-corrected chi connectivity index (χ3v) is 6.36. The lowest BCUT2D eigenvalue weighted by molar-refractivity contribution is 0.0789. The SMILES string of the molecule is COc1ccc(S(=O)(=O)NCCOc2ccccc2Cl)cc1C(=O)N1CCCC1. The highest BCUT2D eigenvalue weighted by atomic mass is 35.5. The summed E-state index contributed by atoms with van der Waals surface area (Å²) in [6, 6.07) is 11.2. The molecule has 0 radical (unpaired) electrons. The summed E-state index contributed by atoms with van der Waals surface area (Å²) in [6.45, 7) is 1.49. The second kappa shape index (κ2) is 9.47. The molecule has 1 saturated heterocycles. The molecule has 0 atom stereocenters. The van der Waals surface area contributed by atoms with Crippen molar-refractivity contribution < 1.29 is 22.7 Å². The van der Waals surface area contributed by atoms with Gasteiger partial charge < -0.3 is 14.4 Å². The Kier molecular flexibility index (Phi) is 7.00. The summed E-state index contributed by atoms with van der Waals surface area (Å²) in [5, 5.41) is 0.454. The largest absolute Gasteiger partial charge is 0.496 e. The van der Waals surface area contributed by atoms with Gasteiger partial charge in [-0.1, -0.05) is 23.7 Å². The molecule has 0 aliphatic carbocycles. The molecule has 1 aliphatic heterocycles. The number of benzene rings is 2. The van der Waals surface area contributed by atoms with E-state index in [1.54, 1.807) is 29.2 Å². The van der Waals surface area contributed by atoms with Crippen molar-refractivity contribution in [2.75, 3.05) is 33.4 Å². The summed E-state index contributed by atoms with van der Waals surface area (Å²) in [5.41, 5.74) is 0.240.